The lowest BCUT2D eigenvalue weighted by molar-refractivity contribution is 0.263. The van der Waals surface area contributed by atoms with Crippen LogP contribution >= 0.6 is 0 Å². The maximum Gasteiger partial charge on any atom is 0.226 e. The van der Waals surface area contributed by atoms with E-state index in [4.69, 9.17) is 0 Å². The summed E-state index contributed by atoms with van der Waals surface area (Å²) < 4.78 is 0. The number of rotatable bonds is 3. The molecule has 0 aromatic carbocycles. The highest BCUT2D eigenvalue weighted by molar-refractivity contribution is 5.87. The van der Waals surface area contributed by atoms with Gasteiger partial charge < -0.3 is 15.1 Å². The quantitative estimate of drug-likeness (QED) is 0.925. The first-order valence-corrected chi connectivity index (χ1v) is 7.38. The van der Waals surface area contributed by atoms with E-state index in [0.29, 0.717) is 12.0 Å². The second kappa shape index (κ2) is 5.81. The summed E-state index contributed by atoms with van der Waals surface area (Å²) in [5.74, 6) is 1.59. The maximum absolute atomic E-state index is 4.66. The minimum absolute atomic E-state index is 0.442. The summed E-state index contributed by atoms with van der Waals surface area (Å²) in [4.78, 5) is 17.9. The Hall–Kier alpha value is -1.95. The van der Waals surface area contributed by atoms with Gasteiger partial charge in [0, 0.05) is 26.3 Å². The van der Waals surface area contributed by atoms with Gasteiger partial charge in [-0.25, -0.2) is 4.98 Å². The molecule has 0 unspecified atom stereocenters. The summed E-state index contributed by atoms with van der Waals surface area (Å²) in [5, 5.41) is 4.46. The lowest BCUT2D eigenvalue weighted by Crippen LogP contribution is -2.37. The smallest absolute Gasteiger partial charge is 0.226 e. The lowest BCUT2D eigenvalue weighted by atomic mass is 10.1. The third-order valence-corrected chi connectivity index (χ3v) is 3.93. The number of hydrogen-bond donors (Lipinski definition) is 1. The van der Waals surface area contributed by atoms with Crippen molar-refractivity contribution in [2.45, 2.75) is 18.9 Å². The highest BCUT2D eigenvalue weighted by Crippen LogP contribution is 2.23. The molecule has 0 spiro atoms. The van der Waals surface area contributed by atoms with Crippen LogP contribution in [0.5, 0.6) is 0 Å². The summed E-state index contributed by atoms with van der Waals surface area (Å²) in [6, 6.07) is 4.37. The Labute approximate surface area is 125 Å². The number of piperidine rings is 1. The summed E-state index contributed by atoms with van der Waals surface area (Å²) in [6.45, 7) is 2.23. The van der Waals surface area contributed by atoms with E-state index in [1.54, 1.807) is 6.20 Å². The lowest BCUT2D eigenvalue weighted by Gasteiger charge is -2.29. The van der Waals surface area contributed by atoms with Gasteiger partial charge in [0.25, 0.3) is 0 Å². The van der Waals surface area contributed by atoms with E-state index in [0.717, 1.165) is 42.8 Å². The van der Waals surface area contributed by atoms with Crippen molar-refractivity contribution in [3.05, 3.63) is 18.3 Å². The molecule has 0 atom stereocenters. The van der Waals surface area contributed by atoms with Crippen LogP contribution in [0.25, 0.3) is 11.0 Å². The zero-order chi connectivity index (χ0) is 14.8. The fourth-order valence-electron chi connectivity index (χ4n) is 2.69. The Kier molecular flexibility index (Phi) is 3.88. The van der Waals surface area contributed by atoms with Crippen molar-refractivity contribution in [1.82, 2.24) is 19.9 Å². The van der Waals surface area contributed by atoms with Crippen molar-refractivity contribution >= 4 is 22.8 Å². The molecule has 6 nitrogen and oxygen atoms in total. The monoisotopic (exact) mass is 286 g/mol. The minimum atomic E-state index is 0.442. The van der Waals surface area contributed by atoms with Crippen LogP contribution in [0.4, 0.5) is 11.8 Å². The maximum atomic E-state index is 4.66. The first kappa shape index (κ1) is 14.0. The van der Waals surface area contributed by atoms with Gasteiger partial charge >= 0.3 is 0 Å². The molecule has 0 radical (unpaired) electrons. The van der Waals surface area contributed by atoms with Gasteiger partial charge in [-0.15, -0.1) is 0 Å². The molecule has 3 rings (SSSR count). The Morgan fingerprint density at radius 2 is 2.00 bits per heavy atom. The van der Waals surface area contributed by atoms with Gasteiger partial charge in [-0.3, -0.25) is 0 Å². The van der Waals surface area contributed by atoms with Crippen LogP contribution in [0.15, 0.2) is 18.3 Å². The average Bonchev–Trinajstić information content (AvgIpc) is 2.48. The Balaban J connectivity index is 1.88. The van der Waals surface area contributed by atoms with E-state index in [1.165, 1.54) is 0 Å². The van der Waals surface area contributed by atoms with Crippen LogP contribution in [0.1, 0.15) is 12.8 Å². The van der Waals surface area contributed by atoms with Crippen LogP contribution < -0.4 is 10.2 Å². The Morgan fingerprint density at radius 3 is 2.71 bits per heavy atom. The minimum Gasteiger partial charge on any atom is -0.362 e. The van der Waals surface area contributed by atoms with E-state index < -0.39 is 0 Å². The van der Waals surface area contributed by atoms with Crippen LogP contribution in [0.2, 0.25) is 0 Å². The molecule has 1 aliphatic heterocycles. The first-order chi connectivity index (χ1) is 10.1. The van der Waals surface area contributed by atoms with Gasteiger partial charge in [-0.1, -0.05) is 0 Å². The summed E-state index contributed by atoms with van der Waals surface area (Å²) in [5.41, 5.74) is 0.742. The molecule has 0 aliphatic carbocycles. The zero-order valence-electron chi connectivity index (χ0n) is 12.9. The molecule has 2 aromatic rings. The molecular formula is C15H22N6. The zero-order valence-corrected chi connectivity index (χ0v) is 12.9. The SMILES string of the molecule is CN1CCC(Nc2nc(N(C)C)c3cccnc3n2)CC1. The molecule has 112 valence electrons. The molecule has 1 fully saturated rings. The summed E-state index contributed by atoms with van der Waals surface area (Å²) in [7, 11) is 6.15. The van der Waals surface area contributed by atoms with Crippen molar-refractivity contribution in [1.29, 1.82) is 0 Å². The van der Waals surface area contributed by atoms with E-state index in [9.17, 15) is 0 Å². The predicted molar refractivity (Wildman–Crippen MR) is 85.8 cm³/mol. The summed E-state index contributed by atoms with van der Waals surface area (Å²) in [6.07, 6.45) is 4.02. The first-order valence-electron chi connectivity index (χ1n) is 7.38. The van der Waals surface area contributed by atoms with Crippen molar-refractivity contribution in [3.63, 3.8) is 0 Å². The van der Waals surface area contributed by atoms with E-state index in [2.05, 4.69) is 32.2 Å². The number of hydrogen-bond acceptors (Lipinski definition) is 6. The summed E-state index contributed by atoms with van der Waals surface area (Å²) >= 11 is 0. The predicted octanol–water partition coefficient (Wildman–Crippen LogP) is 1.60. The molecule has 1 saturated heterocycles. The molecule has 1 N–H and O–H groups in total. The fourth-order valence-corrected chi connectivity index (χ4v) is 2.69. The number of nitrogens with zero attached hydrogens (tertiary/aromatic N) is 5. The second-order valence-electron chi connectivity index (χ2n) is 5.86. The molecule has 3 heterocycles. The normalized spacial score (nSPS) is 17.1. The number of fused-ring (bicyclic) bond motifs is 1. The van der Waals surface area contributed by atoms with Crippen molar-refractivity contribution in [3.8, 4) is 0 Å². The number of pyridine rings is 1. The topological polar surface area (TPSA) is 57.2 Å². The van der Waals surface area contributed by atoms with Gasteiger partial charge in [-0.2, -0.15) is 9.97 Å². The molecule has 0 saturated carbocycles. The van der Waals surface area contributed by atoms with Crippen LogP contribution in [0.3, 0.4) is 0 Å². The van der Waals surface area contributed by atoms with Crippen molar-refractivity contribution in [2.24, 2.45) is 0 Å². The van der Waals surface area contributed by atoms with Gasteiger partial charge in [0.15, 0.2) is 5.65 Å². The highest BCUT2D eigenvalue weighted by atomic mass is 15.2. The molecule has 1 aliphatic rings. The standard InChI is InChI=1S/C15H22N6/c1-20(2)14-12-5-4-8-16-13(12)18-15(19-14)17-11-6-9-21(3)10-7-11/h4-5,8,11H,6-7,9-10H2,1-3H3,(H,16,17,18,19). The largest absolute Gasteiger partial charge is 0.362 e. The number of anilines is 2. The molecule has 21 heavy (non-hydrogen) atoms. The van der Waals surface area contributed by atoms with Gasteiger partial charge in [0.2, 0.25) is 5.95 Å². The molecule has 0 amide bonds. The van der Waals surface area contributed by atoms with Crippen LogP contribution in [-0.4, -0.2) is 60.1 Å². The Morgan fingerprint density at radius 1 is 1.24 bits per heavy atom. The van der Waals surface area contributed by atoms with Gasteiger partial charge in [0.1, 0.15) is 5.82 Å². The van der Waals surface area contributed by atoms with E-state index in [-0.39, 0.29) is 0 Å². The highest BCUT2D eigenvalue weighted by Gasteiger charge is 2.18. The van der Waals surface area contributed by atoms with Gasteiger partial charge in [-0.05, 0) is 45.1 Å². The fraction of sp³-hybridized carbons (Fsp3) is 0.533. The van der Waals surface area contributed by atoms with Crippen LogP contribution in [-0.2, 0) is 0 Å². The third-order valence-electron chi connectivity index (χ3n) is 3.93. The average molecular weight is 286 g/mol. The molecule has 6 heteroatoms. The van der Waals surface area contributed by atoms with Gasteiger partial charge in [0.05, 0.1) is 5.39 Å². The van der Waals surface area contributed by atoms with Crippen molar-refractivity contribution in [2.75, 3.05) is 44.4 Å². The van der Waals surface area contributed by atoms with E-state index in [1.807, 2.05) is 31.1 Å². The number of aromatic nitrogens is 3. The number of nitrogens with one attached hydrogen (secondary N) is 1. The Bertz CT molecular complexity index is 619. The molecular weight excluding hydrogens is 264 g/mol. The third kappa shape index (κ3) is 3.05. The van der Waals surface area contributed by atoms with Crippen LogP contribution in [0, 0.1) is 0 Å². The van der Waals surface area contributed by atoms with E-state index >= 15 is 0 Å². The molecule has 2 aromatic heterocycles. The number of likely N-dealkylation sites (tertiary alicyclic amines) is 1. The van der Waals surface area contributed by atoms with Crippen molar-refractivity contribution < 1.29 is 0 Å². The molecule has 0 bridgehead atoms. The second-order valence-corrected chi connectivity index (χ2v) is 5.86.